The summed E-state index contributed by atoms with van der Waals surface area (Å²) in [6.45, 7) is 5.79. The quantitative estimate of drug-likeness (QED) is 0.877. The van der Waals surface area contributed by atoms with Crippen molar-refractivity contribution in [2.24, 2.45) is 0 Å². The van der Waals surface area contributed by atoms with Crippen LogP contribution in [0.25, 0.3) is 0 Å². The van der Waals surface area contributed by atoms with Crippen LogP contribution >= 0.6 is 11.6 Å². The molecule has 0 radical (unpaired) electrons. The predicted molar refractivity (Wildman–Crippen MR) is 98.6 cm³/mol. The van der Waals surface area contributed by atoms with Crippen LogP contribution in [0.4, 0.5) is 11.4 Å². The number of carbonyl (C=O) groups is 2. The number of benzene rings is 2. The molecule has 0 aliphatic rings. The maximum atomic E-state index is 12.2. The Hall–Kier alpha value is -2.33. The maximum Gasteiger partial charge on any atom is 0.226 e. The number of rotatable bonds is 5. The Morgan fingerprint density at radius 2 is 1.83 bits per heavy atom. The molecule has 2 aromatic rings. The van der Waals surface area contributed by atoms with E-state index in [9.17, 15) is 9.59 Å². The first kappa shape index (κ1) is 18.0. The number of nitrogens with one attached hydrogen (secondary N) is 1. The summed E-state index contributed by atoms with van der Waals surface area (Å²) in [6, 6.07) is 13.0. The largest absolute Gasteiger partial charge is 0.325 e. The smallest absolute Gasteiger partial charge is 0.226 e. The minimum absolute atomic E-state index is 0.0903. The topological polar surface area (TPSA) is 49.4 Å². The van der Waals surface area contributed by atoms with Crippen LogP contribution in [0.3, 0.4) is 0 Å². The van der Waals surface area contributed by atoms with Gasteiger partial charge in [-0.1, -0.05) is 41.4 Å². The Morgan fingerprint density at radius 3 is 2.46 bits per heavy atom. The molecule has 1 N–H and O–H groups in total. The number of nitrogens with zero attached hydrogens (tertiary/aromatic N) is 1. The Labute approximate surface area is 147 Å². The molecular weight excluding hydrogens is 324 g/mol. The fourth-order valence-corrected chi connectivity index (χ4v) is 2.73. The van der Waals surface area contributed by atoms with Crippen molar-refractivity contribution in [3.05, 3.63) is 58.6 Å². The standard InChI is InChI=1S/C19H21ClN2O2/c1-13-8-9-18(14(2)12-13)22(15(3)23)11-10-19(24)21-17-7-5-4-6-16(17)20/h4-9,12H,10-11H2,1-3H3,(H,21,24). The Bertz CT molecular complexity index is 759. The molecule has 0 aromatic heterocycles. The number of aryl methyl sites for hydroxylation is 2. The molecule has 0 saturated heterocycles. The van der Waals surface area contributed by atoms with E-state index < -0.39 is 0 Å². The predicted octanol–water partition coefficient (Wildman–Crippen LogP) is 4.34. The van der Waals surface area contributed by atoms with Gasteiger partial charge in [0, 0.05) is 25.6 Å². The fourth-order valence-electron chi connectivity index (χ4n) is 2.54. The lowest BCUT2D eigenvalue weighted by Gasteiger charge is -2.23. The van der Waals surface area contributed by atoms with Crippen molar-refractivity contribution in [3.8, 4) is 0 Å². The van der Waals surface area contributed by atoms with Gasteiger partial charge in [-0.3, -0.25) is 9.59 Å². The summed E-state index contributed by atoms with van der Waals surface area (Å²) in [4.78, 5) is 25.8. The highest BCUT2D eigenvalue weighted by Crippen LogP contribution is 2.23. The zero-order valence-electron chi connectivity index (χ0n) is 14.1. The van der Waals surface area contributed by atoms with Gasteiger partial charge in [0.05, 0.1) is 10.7 Å². The number of halogens is 1. The van der Waals surface area contributed by atoms with Gasteiger partial charge >= 0.3 is 0 Å². The first-order valence-corrected chi connectivity index (χ1v) is 8.16. The highest BCUT2D eigenvalue weighted by Gasteiger charge is 2.16. The van der Waals surface area contributed by atoms with Crippen molar-refractivity contribution < 1.29 is 9.59 Å². The molecule has 0 aliphatic heterocycles. The molecule has 24 heavy (non-hydrogen) atoms. The van der Waals surface area contributed by atoms with Crippen molar-refractivity contribution in [2.45, 2.75) is 27.2 Å². The summed E-state index contributed by atoms with van der Waals surface area (Å²) in [5, 5.41) is 3.26. The second-order valence-corrected chi connectivity index (χ2v) is 6.15. The molecule has 4 nitrogen and oxygen atoms in total. The first-order chi connectivity index (χ1) is 11.4. The van der Waals surface area contributed by atoms with Gasteiger partial charge < -0.3 is 10.2 Å². The number of amides is 2. The Kier molecular flexibility index (Phi) is 5.99. The number of hydrogen-bond donors (Lipinski definition) is 1. The molecule has 2 aromatic carbocycles. The monoisotopic (exact) mass is 344 g/mol. The average molecular weight is 345 g/mol. The van der Waals surface area contributed by atoms with E-state index >= 15 is 0 Å². The highest BCUT2D eigenvalue weighted by molar-refractivity contribution is 6.33. The zero-order chi connectivity index (χ0) is 17.7. The third-order valence-electron chi connectivity index (χ3n) is 3.73. The molecule has 0 bridgehead atoms. The van der Waals surface area contributed by atoms with Crippen LogP contribution in [0.5, 0.6) is 0 Å². The number of hydrogen-bond acceptors (Lipinski definition) is 2. The van der Waals surface area contributed by atoms with E-state index in [0.29, 0.717) is 17.3 Å². The van der Waals surface area contributed by atoms with Gasteiger partial charge in [0.2, 0.25) is 11.8 Å². The second-order valence-electron chi connectivity index (χ2n) is 5.74. The van der Waals surface area contributed by atoms with Crippen molar-refractivity contribution >= 4 is 34.8 Å². The highest BCUT2D eigenvalue weighted by atomic mass is 35.5. The van der Waals surface area contributed by atoms with Crippen LogP contribution in [0.2, 0.25) is 5.02 Å². The third-order valence-corrected chi connectivity index (χ3v) is 4.06. The van der Waals surface area contributed by atoms with Crippen molar-refractivity contribution in [1.82, 2.24) is 0 Å². The molecule has 5 heteroatoms. The zero-order valence-corrected chi connectivity index (χ0v) is 14.9. The summed E-state index contributed by atoms with van der Waals surface area (Å²) >= 11 is 6.03. The van der Waals surface area contributed by atoms with Crippen LogP contribution in [0.15, 0.2) is 42.5 Å². The van der Waals surface area contributed by atoms with E-state index in [-0.39, 0.29) is 18.2 Å². The molecule has 126 valence electrons. The van der Waals surface area contributed by atoms with E-state index in [1.54, 1.807) is 29.2 Å². The van der Waals surface area contributed by atoms with Gasteiger partial charge in [0.25, 0.3) is 0 Å². The van der Waals surface area contributed by atoms with Crippen LogP contribution in [-0.4, -0.2) is 18.4 Å². The summed E-state index contributed by atoms with van der Waals surface area (Å²) in [6.07, 6.45) is 0.193. The second kappa shape index (κ2) is 7.97. The van der Waals surface area contributed by atoms with Crippen LogP contribution in [0.1, 0.15) is 24.5 Å². The van der Waals surface area contributed by atoms with Gasteiger partial charge in [-0.2, -0.15) is 0 Å². The van der Waals surface area contributed by atoms with E-state index in [4.69, 9.17) is 11.6 Å². The lowest BCUT2D eigenvalue weighted by Crippen LogP contribution is -2.32. The van der Waals surface area contributed by atoms with Gasteiger partial charge in [-0.15, -0.1) is 0 Å². The molecular formula is C19H21ClN2O2. The lowest BCUT2D eigenvalue weighted by molar-refractivity contribution is -0.117. The Balaban J connectivity index is 2.05. The van der Waals surface area contributed by atoms with Crippen LogP contribution in [0, 0.1) is 13.8 Å². The van der Waals surface area contributed by atoms with Crippen LogP contribution < -0.4 is 10.2 Å². The summed E-state index contributed by atoms with van der Waals surface area (Å²) < 4.78 is 0. The molecule has 0 fully saturated rings. The molecule has 0 spiro atoms. The molecule has 2 rings (SSSR count). The number of carbonyl (C=O) groups excluding carboxylic acids is 2. The minimum Gasteiger partial charge on any atom is -0.325 e. The summed E-state index contributed by atoms with van der Waals surface area (Å²) in [5.41, 5.74) is 3.55. The summed E-state index contributed by atoms with van der Waals surface area (Å²) in [7, 11) is 0. The number of para-hydroxylation sites is 1. The van der Waals surface area contributed by atoms with Crippen molar-refractivity contribution in [2.75, 3.05) is 16.8 Å². The first-order valence-electron chi connectivity index (χ1n) is 7.78. The molecule has 0 unspecified atom stereocenters. The normalized spacial score (nSPS) is 10.3. The van der Waals surface area contributed by atoms with Gasteiger partial charge in [-0.05, 0) is 37.6 Å². The maximum absolute atomic E-state index is 12.2. The van der Waals surface area contributed by atoms with Crippen LogP contribution in [-0.2, 0) is 9.59 Å². The molecule has 0 heterocycles. The van der Waals surface area contributed by atoms with Gasteiger partial charge in [0.1, 0.15) is 0 Å². The van der Waals surface area contributed by atoms with E-state index in [1.807, 2.05) is 32.0 Å². The average Bonchev–Trinajstić information content (AvgIpc) is 2.51. The van der Waals surface area contributed by atoms with Crippen molar-refractivity contribution in [1.29, 1.82) is 0 Å². The summed E-state index contributed by atoms with van der Waals surface area (Å²) in [5.74, 6) is -0.272. The Morgan fingerprint density at radius 1 is 1.12 bits per heavy atom. The molecule has 2 amide bonds. The third kappa shape index (κ3) is 4.59. The number of anilines is 2. The van der Waals surface area contributed by atoms with Gasteiger partial charge in [0.15, 0.2) is 0 Å². The van der Waals surface area contributed by atoms with Crippen molar-refractivity contribution in [3.63, 3.8) is 0 Å². The molecule has 0 atom stereocenters. The molecule has 0 saturated carbocycles. The fraction of sp³-hybridized carbons (Fsp3) is 0.263. The van der Waals surface area contributed by atoms with E-state index in [2.05, 4.69) is 5.32 Å². The lowest BCUT2D eigenvalue weighted by atomic mass is 10.1. The molecule has 0 aliphatic carbocycles. The minimum atomic E-state index is -0.181. The van der Waals surface area contributed by atoms with E-state index in [0.717, 1.165) is 16.8 Å². The van der Waals surface area contributed by atoms with E-state index in [1.165, 1.54) is 6.92 Å². The SMILES string of the molecule is CC(=O)N(CCC(=O)Nc1ccccc1Cl)c1ccc(C)cc1C. The van der Waals surface area contributed by atoms with Gasteiger partial charge in [-0.25, -0.2) is 0 Å².